The van der Waals surface area contributed by atoms with Crippen molar-refractivity contribution in [1.82, 2.24) is 4.90 Å². The van der Waals surface area contributed by atoms with Crippen molar-refractivity contribution in [2.45, 2.75) is 116 Å². The minimum Gasteiger partial charge on any atom is -0.507 e. The normalized spacial score (nSPS) is 32.6. The Balaban J connectivity index is 1.36. The van der Waals surface area contributed by atoms with Crippen molar-refractivity contribution >= 4 is 34.1 Å². The van der Waals surface area contributed by atoms with E-state index < -0.39 is 88.7 Å². The molecule has 5 aliphatic heterocycles. The molecule has 1 spiro atoms. The van der Waals surface area contributed by atoms with Gasteiger partial charge in [-0.2, -0.15) is 0 Å². The number of anilines is 1. The molecule has 1 fully saturated rings. The number of carbonyl (C=O) groups excluding carboxylic acids is 3. The number of amides is 1. The highest BCUT2D eigenvalue weighted by Gasteiger charge is 2.52. The van der Waals surface area contributed by atoms with Gasteiger partial charge in [0.15, 0.2) is 5.75 Å². The smallest absolute Gasteiger partial charge is 0.312 e. The molecule has 0 aliphatic carbocycles. The van der Waals surface area contributed by atoms with E-state index in [4.69, 9.17) is 23.9 Å². The van der Waals surface area contributed by atoms with Crippen LogP contribution >= 0.6 is 0 Å². The maximum absolute atomic E-state index is 15.2. The highest BCUT2D eigenvalue weighted by molar-refractivity contribution is 6.21. The number of nitrogens with zero attached hydrogens (tertiary/aromatic N) is 3. The van der Waals surface area contributed by atoms with E-state index in [2.05, 4.69) is 46.1 Å². The number of fused-ring (bicyclic) bond motifs is 13. The number of ether oxygens (including phenoxy) is 4. The van der Waals surface area contributed by atoms with Gasteiger partial charge in [0.05, 0.1) is 41.2 Å². The zero-order valence-electron chi connectivity index (χ0n) is 42.3. The van der Waals surface area contributed by atoms with Crippen LogP contribution in [-0.4, -0.2) is 92.5 Å². The molecule has 9 rings (SSSR count). The minimum atomic E-state index is -2.02. The lowest BCUT2D eigenvalue weighted by Crippen LogP contribution is -2.50. The van der Waals surface area contributed by atoms with Gasteiger partial charge in [-0.25, -0.2) is 4.99 Å². The van der Waals surface area contributed by atoms with E-state index in [1.54, 1.807) is 65.8 Å². The molecule has 15 heteroatoms. The number of piperidine rings is 1. The summed E-state index contributed by atoms with van der Waals surface area (Å²) in [5, 5.41) is 51.5. The largest absolute Gasteiger partial charge is 0.507 e. The Hall–Kier alpha value is -6.65. The molecule has 5 N–H and O–H groups in total. The number of likely N-dealkylation sites (tertiary alicyclic amines) is 1. The predicted octanol–water partition coefficient (Wildman–Crippen LogP) is 7.76. The molecule has 1 amide bonds. The summed E-state index contributed by atoms with van der Waals surface area (Å²) in [5.74, 6) is -7.39. The van der Waals surface area contributed by atoms with Crippen molar-refractivity contribution in [3.05, 3.63) is 142 Å². The molecule has 4 aromatic rings. The van der Waals surface area contributed by atoms with Gasteiger partial charge in [-0.1, -0.05) is 113 Å². The lowest BCUT2D eigenvalue weighted by Gasteiger charge is -2.49. The van der Waals surface area contributed by atoms with E-state index in [-0.39, 0.29) is 61.7 Å². The van der Waals surface area contributed by atoms with Crippen molar-refractivity contribution in [3.8, 4) is 17.2 Å². The van der Waals surface area contributed by atoms with Crippen LogP contribution in [0.15, 0.2) is 119 Å². The number of aliphatic hydroxyl groups excluding tert-OH is 2. The number of hydrogen-bond donors (Lipinski definition) is 5. The van der Waals surface area contributed by atoms with Crippen LogP contribution in [0.5, 0.6) is 17.2 Å². The number of methoxy groups -OCH3 is 1. The first-order valence-corrected chi connectivity index (χ1v) is 24.6. The summed E-state index contributed by atoms with van der Waals surface area (Å²) in [6, 6.07) is 19.7. The first kappa shape index (κ1) is 51.7. The van der Waals surface area contributed by atoms with Crippen LogP contribution in [-0.2, 0) is 23.8 Å². The maximum Gasteiger partial charge on any atom is 0.312 e. The van der Waals surface area contributed by atoms with Crippen LogP contribution in [0.2, 0.25) is 0 Å². The minimum absolute atomic E-state index is 0.0131. The third-order valence-electron chi connectivity index (χ3n) is 15.2. The number of aliphatic hydroxyl groups is 2. The maximum atomic E-state index is 15.2. The number of benzene rings is 4. The van der Waals surface area contributed by atoms with Gasteiger partial charge >= 0.3 is 11.8 Å². The van der Waals surface area contributed by atoms with E-state index >= 15 is 4.79 Å². The Morgan fingerprint density at radius 3 is 2.10 bits per heavy atom. The Bertz CT molecular complexity index is 2940. The second-order valence-electron chi connectivity index (χ2n) is 20.0. The molecular formula is C57H66N4O11. The molecule has 5 bridgehead atoms. The number of ketones is 1. The van der Waals surface area contributed by atoms with Gasteiger partial charge in [0, 0.05) is 92.6 Å². The molecule has 72 heavy (non-hydrogen) atoms. The van der Waals surface area contributed by atoms with Crippen molar-refractivity contribution in [2.24, 2.45) is 33.7 Å². The molecule has 4 aromatic carbocycles. The molecule has 0 saturated carbocycles. The lowest BCUT2D eigenvalue weighted by molar-refractivity contribution is -0.160. The number of nitrogens with one attached hydrogen (secondary N) is 1. The van der Waals surface area contributed by atoms with Crippen molar-refractivity contribution in [2.75, 3.05) is 19.0 Å². The number of carbonyl (C=O) groups is 3. The van der Waals surface area contributed by atoms with Gasteiger partial charge in [-0.05, 0) is 31.1 Å². The number of esters is 1. The highest BCUT2D eigenvalue weighted by atomic mass is 16.7. The zero-order valence-corrected chi connectivity index (χ0v) is 42.3. The number of allylic oxidation sites excluding steroid dienone is 2. The monoisotopic (exact) mass is 982 g/mol. The standard InChI is InChI=1S/C57H66N4O11/c1-11-26-61-39(37-21-14-12-15-22-37)28-57(29-40(61)38-23-16-13-17-24-38)59-45-42-43-50(65)35(7)53-44(42)54(67)56(9,72-53)70-27-25-41(69-10)32(4)52(71-36(8)62)34(6)49(64)33(5)48(63)30(2)19-18-20-31(3)55(68)58-47(51(43)66)46(45)60-57/h11-25,27,30,32-34,39-41,48-49,52,59,63-66H,1,26,28-29H2,2-10H3/b19-18+,27-25+,31-20-,58-47?/t30-,32+,33+,34-,39-,40+,41-,48-,49-,52+,56-,57?/m0/s1. The van der Waals surface area contributed by atoms with Gasteiger partial charge in [-0.3, -0.25) is 24.3 Å². The second kappa shape index (κ2) is 20.5. The average Bonchev–Trinajstić information content (AvgIpc) is 3.87. The molecule has 1 saturated heterocycles. The van der Waals surface area contributed by atoms with Gasteiger partial charge < -0.3 is 44.7 Å². The number of hydrogen-bond acceptors (Lipinski definition) is 14. The Labute approximate surface area is 419 Å². The van der Waals surface area contributed by atoms with E-state index in [1.807, 2.05) is 42.5 Å². The number of Topliss-reactive ketones (excluding diaryl/α,β-unsaturated/α-hetero) is 1. The second-order valence-corrected chi connectivity index (χ2v) is 20.0. The van der Waals surface area contributed by atoms with Crippen LogP contribution in [0.25, 0.3) is 10.8 Å². The first-order valence-electron chi connectivity index (χ1n) is 24.6. The topological polar surface area (TPSA) is 209 Å². The number of phenolic OH excluding ortho intramolecular Hbond substituents is 2. The fraction of sp³-hybridized carbons (Fsp3) is 0.421. The molecular weight excluding hydrogens is 917 g/mol. The van der Waals surface area contributed by atoms with Crippen LogP contribution in [0, 0.1) is 30.6 Å². The zero-order chi connectivity index (χ0) is 52.0. The van der Waals surface area contributed by atoms with Gasteiger partial charge in [0.1, 0.15) is 34.0 Å². The predicted molar refractivity (Wildman–Crippen MR) is 272 cm³/mol. The number of phenols is 2. The fourth-order valence-electron chi connectivity index (χ4n) is 11.1. The number of aromatic hydroxyl groups is 2. The summed E-state index contributed by atoms with van der Waals surface area (Å²) in [6.45, 7) is 17.5. The molecule has 5 heterocycles. The summed E-state index contributed by atoms with van der Waals surface area (Å²) in [4.78, 5) is 54.3. The lowest BCUT2D eigenvalue weighted by atomic mass is 9.78. The van der Waals surface area contributed by atoms with Gasteiger partial charge in [0.2, 0.25) is 0 Å². The summed E-state index contributed by atoms with van der Waals surface area (Å²) < 4.78 is 24.3. The molecule has 0 aromatic heterocycles. The molecule has 15 nitrogen and oxygen atoms in total. The molecule has 0 radical (unpaired) electrons. The third-order valence-corrected chi connectivity index (χ3v) is 15.2. The average molecular weight is 983 g/mol. The summed E-state index contributed by atoms with van der Waals surface area (Å²) in [5.41, 5.74) is 1.52. The third kappa shape index (κ3) is 9.34. The SMILES string of the molecule is C=CCN1[C@@H](c2ccccc2)CC2(C[C@H]1c1ccccc1)N=c1c(c3c4c5c(C)c(O)c3c(O)c1=NC(=O)/C(C)=C\C=C\[C@H](C)[C@H](O)[C@@H](C)[C@H](O)[C@H](C)[C@H](OC(C)=O)[C@H](C)[C@@H](OC)/C=C/O[C@@](C)(O5)C4=O)N2. The first-order chi connectivity index (χ1) is 34.3. The summed E-state index contributed by atoms with van der Waals surface area (Å²) in [6.07, 6.45) is 6.47. The summed E-state index contributed by atoms with van der Waals surface area (Å²) >= 11 is 0. The van der Waals surface area contributed by atoms with Gasteiger partial charge in [-0.15, -0.1) is 6.58 Å². The van der Waals surface area contributed by atoms with Crippen molar-refractivity contribution in [1.29, 1.82) is 0 Å². The van der Waals surface area contributed by atoms with E-state index in [9.17, 15) is 30.0 Å². The molecule has 1 unspecified atom stereocenters. The quantitative estimate of drug-likeness (QED) is 0.0712. The van der Waals surface area contributed by atoms with Crippen molar-refractivity contribution in [3.63, 3.8) is 0 Å². The molecule has 5 aliphatic rings. The molecule has 380 valence electrons. The fourth-order valence-corrected chi connectivity index (χ4v) is 11.1. The molecule has 12 atom stereocenters. The van der Waals surface area contributed by atoms with E-state index in [0.29, 0.717) is 19.4 Å². The highest BCUT2D eigenvalue weighted by Crippen LogP contribution is 2.54. The Kier molecular flexibility index (Phi) is 14.7. The van der Waals surface area contributed by atoms with Crippen LogP contribution in [0.3, 0.4) is 0 Å². The Morgan fingerprint density at radius 2 is 1.51 bits per heavy atom. The van der Waals surface area contributed by atoms with Gasteiger partial charge in [0.25, 0.3) is 11.7 Å². The Morgan fingerprint density at radius 1 is 0.889 bits per heavy atom. The van der Waals surface area contributed by atoms with Crippen molar-refractivity contribution < 1.29 is 53.8 Å². The van der Waals surface area contributed by atoms with Crippen LogP contribution in [0.4, 0.5) is 5.69 Å². The number of rotatable bonds is 6. The summed E-state index contributed by atoms with van der Waals surface area (Å²) in [7, 11) is 1.47. The van der Waals surface area contributed by atoms with Crippen LogP contribution < -0.4 is 20.8 Å². The van der Waals surface area contributed by atoms with Crippen LogP contribution in [0.1, 0.15) is 100 Å². The van der Waals surface area contributed by atoms with E-state index in [0.717, 1.165) is 11.1 Å². The van der Waals surface area contributed by atoms with E-state index in [1.165, 1.54) is 27.2 Å².